The third-order valence-electron chi connectivity index (χ3n) is 1.79. The SMILES string of the molecule is Fc1ccc(Br)cc1CC=CCCBr. The van der Waals surface area contributed by atoms with Crippen molar-refractivity contribution in [2.24, 2.45) is 0 Å². The average molecular weight is 322 g/mol. The first-order chi connectivity index (χ1) is 6.74. The summed E-state index contributed by atoms with van der Waals surface area (Å²) in [4.78, 5) is 0. The van der Waals surface area contributed by atoms with Crippen molar-refractivity contribution in [2.45, 2.75) is 12.8 Å². The minimum absolute atomic E-state index is 0.142. The Bertz CT molecular complexity index is 321. The number of benzene rings is 1. The third-order valence-corrected chi connectivity index (χ3v) is 2.74. The summed E-state index contributed by atoms with van der Waals surface area (Å²) < 4.78 is 14.1. The Morgan fingerprint density at radius 2 is 2.07 bits per heavy atom. The fourth-order valence-corrected chi connectivity index (χ4v) is 1.76. The fourth-order valence-electron chi connectivity index (χ4n) is 1.09. The lowest BCUT2D eigenvalue weighted by Gasteiger charge is -1.99. The van der Waals surface area contributed by atoms with E-state index in [4.69, 9.17) is 0 Å². The van der Waals surface area contributed by atoms with E-state index in [1.807, 2.05) is 12.1 Å². The third kappa shape index (κ3) is 3.93. The lowest BCUT2D eigenvalue weighted by molar-refractivity contribution is 0.614. The molecule has 0 spiro atoms. The summed E-state index contributed by atoms with van der Waals surface area (Å²) in [6, 6.07) is 5.01. The highest BCUT2D eigenvalue weighted by Crippen LogP contribution is 2.16. The molecule has 0 fully saturated rings. The Morgan fingerprint density at radius 3 is 2.79 bits per heavy atom. The molecule has 0 aliphatic heterocycles. The molecule has 0 bridgehead atoms. The molecule has 1 aromatic carbocycles. The molecule has 0 radical (unpaired) electrons. The number of allylic oxidation sites excluding steroid dienone is 2. The van der Waals surface area contributed by atoms with Gasteiger partial charge < -0.3 is 0 Å². The molecule has 0 aliphatic rings. The summed E-state index contributed by atoms with van der Waals surface area (Å²) in [7, 11) is 0. The van der Waals surface area contributed by atoms with Crippen LogP contribution in [0, 0.1) is 5.82 Å². The standard InChI is InChI=1S/C11H11Br2F/c12-7-3-1-2-4-9-8-10(13)5-6-11(9)14/h1-2,5-6,8H,3-4,7H2. The molecule has 0 aliphatic carbocycles. The van der Waals surface area contributed by atoms with Crippen LogP contribution in [0.15, 0.2) is 34.8 Å². The Kier molecular flexibility index (Phi) is 5.41. The summed E-state index contributed by atoms with van der Waals surface area (Å²) in [5.41, 5.74) is 0.727. The van der Waals surface area contributed by atoms with Crippen molar-refractivity contribution in [3.63, 3.8) is 0 Å². The highest BCUT2D eigenvalue weighted by Gasteiger charge is 1.99. The highest BCUT2D eigenvalue weighted by molar-refractivity contribution is 9.10. The van der Waals surface area contributed by atoms with Gasteiger partial charge in [0.15, 0.2) is 0 Å². The second-order valence-corrected chi connectivity index (χ2v) is 4.60. The maximum absolute atomic E-state index is 13.2. The Hall–Kier alpha value is -0.150. The topological polar surface area (TPSA) is 0 Å². The van der Waals surface area contributed by atoms with Gasteiger partial charge in [-0.05, 0) is 36.6 Å². The maximum Gasteiger partial charge on any atom is 0.126 e. The molecule has 0 aromatic heterocycles. The van der Waals surface area contributed by atoms with Crippen molar-refractivity contribution in [3.05, 3.63) is 46.2 Å². The number of hydrogen-bond acceptors (Lipinski definition) is 0. The molecule has 0 atom stereocenters. The molecule has 1 rings (SSSR count). The molecule has 0 nitrogen and oxygen atoms in total. The van der Waals surface area contributed by atoms with Gasteiger partial charge >= 0.3 is 0 Å². The number of hydrogen-bond donors (Lipinski definition) is 0. The van der Waals surface area contributed by atoms with Crippen LogP contribution in [0.3, 0.4) is 0 Å². The van der Waals surface area contributed by atoms with Crippen LogP contribution >= 0.6 is 31.9 Å². The van der Waals surface area contributed by atoms with Gasteiger partial charge in [0.25, 0.3) is 0 Å². The highest BCUT2D eigenvalue weighted by atomic mass is 79.9. The first-order valence-corrected chi connectivity index (χ1v) is 6.30. The molecule has 0 saturated carbocycles. The maximum atomic E-state index is 13.2. The van der Waals surface area contributed by atoms with Gasteiger partial charge in [0, 0.05) is 9.80 Å². The van der Waals surface area contributed by atoms with E-state index < -0.39 is 0 Å². The molecular formula is C11H11Br2F. The molecule has 0 unspecified atom stereocenters. The first kappa shape index (κ1) is 11.9. The van der Waals surface area contributed by atoms with E-state index in [0.717, 1.165) is 21.8 Å². The zero-order valence-electron chi connectivity index (χ0n) is 7.64. The smallest absolute Gasteiger partial charge is 0.126 e. The van der Waals surface area contributed by atoms with Crippen molar-refractivity contribution < 1.29 is 4.39 Å². The van der Waals surface area contributed by atoms with Crippen LogP contribution in [-0.4, -0.2) is 5.33 Å². The van der Waals surface area contributed by atoms with E-state index in [2.05, 4.69) is 37.9 Å². The van der Waals surface area contributed by atoms with Crippen molar-refractivity contribution in [1.29, 1.82) is 0 Å². The normalized spacial score (nSPS) is 11.1. The van der Waals surface area contributed by atoms with Gasteiger partial charge in [-0.2, -0.15) is 0 Å². The number of halogens is 3. The lowest BCUT2D eigenvalue weighted by atomic mass is 10.1. The molecule has 14 heavy (non-hydrogen) atoms. The monoisotopic (exact) mass is 320 g/mol. The van der Waals surface area contributed by atoms with Crippen LogP contribution in [0.2, 0.25) is 0 Å². The summed E-state index contributed by atoms with van der Waals surface area (Å²) in [6.07, 6.45) is 5.68. The van der Waals surface area contributed by atoms with E-state index >= 15 is 0 Å². The van der Waals surface area contributed by atoms with Gasteiger partial charge in [-0.3, -0.25) is 0 Å². The van der Waals surface area contributed by atoms with Crippen molar-refractivity contribution in [3.8, 4) is 0 Å². The summed E-state index contributed by atoms with van der Waals surface area (Å²) >= 11 is 6.65. The van der Waals surface area contributed by atoms with Gasteiger partial charge in [-0.25, -0.2) is 4.39 Å². The Balaban J connectivity index is 2.62. The largest absolute Gasteiger partial charge is 0.207 e. The van der Waals surface area contributed by atoms with Gasteiger partial charge in [-0.15, -0.1) is 0 Å². The lowest BCUT2D eigenvalue weighted by Crippen LogP contribution is -1.87. The first-order valence-electron chi connectivity index (χ1n) is 4.39. The van der Waals surface area contributed by atoms with Crippen molar-refractivity contribution >= 4 is 31.9 Å². The number of rotatable bonds is 4. The molecular weight excluding hydrogens is 311 g/mol. The van der Waals surface area contributed by atoms with Crippen LogP contribution in [0.25, 0.3) is 0 Å². The van der Waals surface area contributed by atoms with E-state index in [9.17, 15) is 4.39 Å². The molecule has 0 heterocycles. The zero-order chi connectivity index (χ0) is 10.4. The van der Waals surface area contributed by atoms with E-state index in [1.54, 1.807) is 6.07 Å². The van der Waals surface area contributed by atoms with Crippen LogP contribution in [0.4, 0.5) is 4.39 Å². The van der Waals surface area contributed by atoms with Crippen molar-refractivity contribution in [1.82, 2.24) is 0 Å². The quantitative estimate of drug-likeness (QED) is 0.567. The molecule has 0 N–H and O–H groups in total. The van der Waals surface area contributed by atoms with Crippen LogP contribution in [0.1, 0.15) is 12.0 Å². The van der Waals surface area contributed by atoms with Gasteiger partial charge in [0.05, 0.1) is 0 Å². The van der Waals surface area contributed by atoms with E-state index in [-0.39, 0.29) is 5.82 Å². The average Bonchev–Trinajstić information content (AvgIpc) is 2.18. The molecule has 1 aromatic rings. The Labute approximate surface area is 100 Å². The van der Waals surface area contributed by atoms with Crippen LogP contribution in [-0.2, 0) is 6.42 Å². The van der Waals surface area contributed by atoms with E-state index in [0.29, 0.717) is 6.42 Å². The van der Waals surface area contributed by atoms with Gasteiger partial charge in [-0.1, -0.05) is 44.0 Å². The predicted octanol–water partition coefficient (Wildman–Crippen LogP) is 4.47. The second kappa shape index (κ2) is 6.36. The summed E-state index contributed by atoms with van der Waals surface area (Å²) in [5.74, 6) is -0.142. The Morgan fingerprint density at radius 1 is 1.29 bits per heavy atom. The van der Waals surface area contributed by atoms with E-state index in [1.165, 1.54) is 6.07 Å². The van der Waals surface area contributed by atoms with Crippen molar-refractivity contribution in [2.75, 3.05) is 5.33 Å². The summed E-state index contributed by atoms with van der Waals surface area (Å²) in [5, 5.41) is 0.949. The van der Waals surface area contributed by atoms with Gasteiger partial charge in [0.1, 0.15) is 5.82 Å². The predicted molar refractivity (Wildman–Crippen MR) is 65.4 cm³/mol. The molecule has 76 valence electrons. The van der Waals surface area contributed by atoms with Crippen LogP contribution < -0.4 is 0 Å². The number of alkyl halides is 1. The summed E-state index contributed by atoms with van der Waals surface area (Å²) in [6.45, 7) is 0. The fraction of sp³-hybridized carbons (Fsp3) is 0.273. The van der Waals surface area contributed by atoms with Crippen LogP contribution in [0.5, 0.6) is 0 Å². The minimum Gasteiger partial charge on any atom is -0.207 e. The molecule has 3 heteroatoms. The minimum atomic E-state index is -0.142. The zero-order valence-corrected chi connectivity index (χ0v) is 10.8. The second-order valence-electron chi connectivity index (χ2n) is 2.89. The molecule has 0 saturated heterocycles. The molecule has 0 amide bonds. The van der Waals surface area contributed by atoms with Gasteiger partial charge in [0.2, 0.25) is 0 Å².